The van der Waals surface area contributed by atoms with Crippen molar-refractivity contribution in [2.24, 2.45) is 0 Å². The van der Waals surface area contributed by atoms with Crippen LogP contribution in [0, 0.1) is 18.6 Å². The Morgan fingerprint density at radius 1 is 1.35 bits per heavy atom. The van der Waals surface area contributed by atoms with Gasteiger partial charge >= 0.3 is 0 Å². The van der Waals surface area contributed by atoms with Gasteiger partial charge < -0.3 is 5.32 Å². The number of halogens is 2. The van der Waals surface area contributed by atoms with Crippen LogP contribution in [0.2, 0.25) is 0 Å². The van der Waals surface area contributed by atoms with Crippen LogP contribution in [0.4, 0.5) is 8.78 Å². The van der Waals surface area contributed by atoms with E-state index in [2.05, 4.69) is 5.32 Å². The van der Waals surface area contributed by atoms with E-state index in [1.807, 2.05) is 19.1 Å². The molecular weight excluding hydrogens is 224 g/mol. The van der Waals surface area contributed by atoms with Crippen LogP contribution in [0.3, 0.4) is 0 Å². The zero-order valence-corrected chi connectivity index (χ0v) is 9.89. The molecule has 4 heteroatoms. The summed E-state index contributed by atoms with van der Waals surface area (Å²) in [5, 5.41) is 2.57. The number of nitrogens with one attached hydrogen (secondary N) is 1. The quantitative estimate of drug-likeness (QED) is 0.635. The van der Waals surface area contributed by atoms with Gasteiger partial charge in [-0.1, -0.05) is 12.2 Å². The molecule has 0 radical (unpaired) electrons. The first kappa shape index (κ1) is 13.4. The topological polar surface area (TPSA) is 29.1 Å². The van der Waals surface area contributed by atoms with Gasteiger partial charge in [-0.2, -0.15) is 0 Å². The van der Waals surface area contributed by atoms with Crippen LogP contribution >= 0.6 is 0 Å². The van der Waals surface area contributed by atoms with Gasteiger partial charge in [-0.3, -0.25) is 4.79 Å². The third-order valence-corrected chi connectivity index (χ3v) is 2.33. The smallest absolute Gasteiger partial charge is 0.254 e. The Morgan fingerprint density at radius 3 is 2.71 bits per heavy atom. The molecule has 2 nitrogen and oxygen atoms in total. The summed E-state index contributed by atoms with van der Waals surface area (Å²) < 4.78 is 26.3. The van der Waals surface area contributed by atoms with Crippen molar-refractivity contribution in [2.45, 2.75) is 20.3 Å². The fourth-order valence-corrected chi connectivity index (χ4v) is 1.36. The highest BCUT2D eigenvalue weighted by Crippen LogP contribution is 2.13. The Balaban J connectivity index is 2.72. The molecule has 0 spiro atoms. The predicted octanol–water partition coefficient (Wildman–Crippen LogP) is 2.97. The highest BCUT2D eigenvalue weighted by atomic mass is 19.1. The number of carbonyl (C=O) groups excluding carboxylic acids is 1. The van der Waals surface area contributed by atoms with Crippen molar-refractivity contribution in [3.63, 3.8) is 0 Å². The predicted molar refractivity (Wildman–Crippen MR) is 62.9 cm³/mol. The van der Waals surface area contributed by atoms with Crippen LogP contribution < -0.4 is 5.32 Å². The van der Waals surface area contributed by atoms with E-state index in [0.717, 1.165) is 6.07 Å². The summed E-state index contributed by atoms with van der Waals surface area (Å²) in [5.41, 5.74) is 0.134. The average molecular weight is 239 g/mol. The van der Waals surface area contributed by atoms with Crippen LogP contribution in [-0.2, 0) is 0 Å². The van der Waals surface area contributed by atoms with Gasteiger partial charge in [-0.05, 0) is 31.9 Å². The SMILES string of the molecule is C/C=C/CCNC(=O)c1cc(C)c(F)cc1F. The molecule has 1 aromatic carbocycles. The third kappa shape index (κ3) is 3.66. The highest BCUT2D eigenvalue weighted by molar-refractivity contribution is 5.94. The fraction of sp³-hybridized carbons (Fsp3) is 0.308. The van der Waals surface area contributed by atoms with Crippen molar-refractivity contribution < 1.29 is 13.6 Å². The maximum atomic E-state index is 13.3. The van der Waals surface area contributed by atoms with Gasteiger partial charge in [0.05, 0.1) is 5.56 Å². The van der Waals surface area contributed by atoms with Crippen LogP contribution in [-0.4, -0.2) is 12.5 Å². The number of benzene rings is 1. The van der Waals surface area contributed by atoms with Crippen LogP contribution in [0.15, 0.2) is 24.3 Å². The molecule has 0 atom stereocenters. The highest BCUT2D eigenvalue weighted by Gasteiger charge is 2.13. The standard InChI is InChI=1S/C13H15F2NO/c1-3-4-5-6-16-13(17)10-7-9(2)11(14)8-12(10)15/h3-4,7-8H,5-6H2,1-2H3,(H,16,17)/b4-3+. The molecular formula is C13H15F2NO. The van der Waals surface area contributed by atoms with E-state index in [9.17, 15) is 13.6 Å². The second-order valence-electron chi connectivity index (χ2n) is 3.69. The van der Waals surface area contributed by atoms with E-state index in [1.165, 1.54) is 13.0 Å². The average Bonchev–Trinajstić information content (AvgIpc) is 2.29. The van der Waals surface area contributed by atoms with Gasteiger partial charge in [0.15, 0.2) is 0 Å². The summed E-state index contributed by atoms with van der Waals surface area (Å²) in [6, 6.07) is 1.95. The number of allylic oxidation sites excluding steroid dienone is 1. The molecule has 1 aromatic rings. The summed E-state index contributed by atoms with van der Waals surface area (Å²) in [4.78, 5) is 11.6. The van der Waals surface area contributed by atoms with E-state index < -0.39 is 17.5 Å². The van der Waals surface area contributed by atoms with Crippen LogP contribution in [0.1, 0.15) is 29.3 Å². The molecule has 0 aliphatic rings. The minimum absolute atomic E-state index is 0.121. The van der Waals surface area contributed by atoms with E-state index in [1.54, 1.807) is 0 Å². The molecule has 0 bridgehead atoms. The van der Waals surface area contributed by atoms with Crippen molar-refractivity contribution in [2.75, 3.05) is 6.54 Å². The molecule has 92 valence electrons. The molecule has 0 fully saturated rings. The monoisotopic (exact) mass is 239 g/mol. The van der Waals surface area contributed by atoms with E-state index in [-0.39, 0.29) is 11.1 Å². The Labute approximate surface area is 99.3 Å². The lowest BCUT2D eigenvalue weighted by Gasteiger charge is -2.06. The molecule has 0 unspecified atom stereocenters. The number of aryl methyl sites for hydroxylation is 1. The molecule has 17 heavy (non-hydrogen) atoms. The first-order valence-corrected chi connectivity index (χ1v) is 5.41. The van der Waals surface area contributed by atoms with Crippen molar-refractivity contribution in [1.29, 1.82) is 0 Å². The summed E-state index contributed by atoms with van der Waals surface area (Å²) in [6.07, 6.45) is 4.45. The lowest BCUT2D eigenvalue weighted by atomic mass is 10.1. The molecule has 1 N–H and O–H groups in total. The number of hydrogen-bond acceptors (Lipinski definition) is 1. The van der Waals surface area contributed by atoms with Crippen molar-refractivity contribution in [1.82, 2.24) is 5.32 Å². The zero-order chi connectivity index (χ0) is 12.8. The largest absolute Gasteiger partial charge is 0.352 e. The molecule has 0 aliphatic carbocycles. The maximum absolute atomic E-state index is 13.3. The second-order valence-corrected chi connectivity index (χ2v) is 3.69. The normalized spacial score (nSPS) is 10.8. The maximum Gasteiger partial charge on any atom is 0.254 e. The van der Waals surface area contributed by atoms with Crippen LogP contribution in [0.5, 0.6) is 0 Å². The first-order valence-electron chi connectivity index (χ1n) is 5.41. The fourth-order valence-electron chi connectivity index (χ4n) is 1.36. The Bertz CT molecular complexity index is 441. The lowest BCUT2D eigenvalue weighted by molar-refractivity contribution is 0.0950. The first-order chi connectivity index (χ1) is 8.06. The number of carbonyl (C=O) groups is 1. The number of rotatable bonds is 4. The molecule has 0 heterocycles. The molecule has 1 amide bonds. The summed E-state index contributed by atoms with van der Waals surface area (Å²) in [6.45, 7) is 3.80. The number of amides is 1. The zero-order valence-electron chi connectivity index (χ0n) is 9.89. The van der Waals surface area contributed by atoms with E-state index in [4.69, 9.17) is 0 Å². The second kappa shape index (κ2) is 6.13. The van der Waals surface area contributed by atoms with E-state index >= 15 is 0 Å². The lowest BCUT2D eigenvalue weighted by Crippen LogP contribution is -2.25. The number of hydrogen-bond donors (Lipinski definition) is 1. The minimum atomic E-state index is -0.836. The Hall–Kier alpha value is -1.71. The van der Waals surface area contributed by atoms with Crippen molar-refractivity contribution in [3.8, 4) is 0 Å². The van der Waals surface area contributed by atoms with Gasteiger partial charge in [0, 0.05) is 12.6 Å². The summed E-state index contributed by atoms with van der Waals surface area (Å²) in [5.74, 6) is -2.00. The molecule has 0 aliphatic heterocycles. The summed E-state index contributed by atoms with van der Waals surface area (Å²) in [7, 11) is 0. The summed E-state index contributed by atoms with van der Waals surface area (Å²) >= 11 is 0. The van der Waals surface area contributed by atoms with Gasteiger partial charge in [0.1, 0.15) is 11.6 Å². The minimum Gasteiger partial charge on any atom is -0.352 e. The molecule has 0 aromatic heterocycles. The van der Waals surface area contributed by atoms with Crippen molar-refractivity contribution >= 4 is 5.91 Å². The van der Waals surface area contributed by atoms with Gasteiger partial charge in [-0.15, -0.1) is 0 Å². The molecule has 0 saturated heterocycles. The Kier molecular flexibility index (Phi) is 4.82. The van der Waals surface area contributed by atoms with Gasteiger partial charge in [0.2, 0.25) is 0 Å². The van der Waals surface area contributed by atoms with E-state index in [0.29, 0.717) is 13.0 Å². The Morgan fingerprint density at radius 2 is 2.06 bits per heavy atom. The van der Waals surface area contributed by atoms with Crippen LogP contribution in [0.25, 0.3) is 0 Å². The van der Waals surface area contributed by atoms with Gasteiger partial charge in [0.25, 0.3) is 5.91 Å². The van der Waals surface area contributed by atoms with Gasteiger partial charge in [-0.25, -0.2) is 8.78 Å². The molecule has 0 saturated carbocycles. The molecule has 1 rings (SSSR count). The van der Waals surface area contributed by atoms with Crippen molar-refractivity contribution in [3.05, 3.63) is 47.0 Å². The third-order valence-electron chi connectivity index (χ3n) is 2.33.